The Morgan fingerprint density at radius 1 is 1.62 bits per heavy atom. The van der Waals surface area contributed by atoms with Crippen LogP contribution >= 0.6 is 0 Å². The van der Waals surface area contributed by atoms with Crippen LogP contribution in [0.3, 0.4) is 0 Å². The van der Waals surface area contributed by atoms with E-state index in [1.807, 2.05) is 0 Å². The second kappa shape index (κ2) is 4.63. The van der Waals surface area contributed by atoms with Crippen molar-refractivity contribution in [1.82, 2.24) is 0 Å². The minimum atomic E-state index is -4.54. The first kappa shape index (κ1) is 11.6. The molecule has 0 bridgehead atoms. The summed E-state index contributed by atoms with van der Waals surface area (Å²) in [7, 11) is -4.54. The molecular formula is CH3BaNO4S. The molecule has 7 heteroatoms. The first-order valence-corrected chi connectivity index (χ1v) is 2.48. The second-order valence-corrected chi connectivity index (χ2v) is 1.62. The molecule has 0 atom stereocenters. The fourth-order valence-electron chi connectivity index (χ4n) is 0.0471. The number of hydrogen-bond donors (Lipinski definition) is 1. The van der Waals surface area contributed by atoms with Gasteiger partial charge in [0.1, 0.15) is 0 Å². The van der Waals surface area contributed by atoms with E-state index in [0.717, 1.165) is 6.26 Å². The van der Waals surface area contributed by atoms with Gasteiger partial charge in [-0.1, -0.05) is 0 Å². The first-order valence-electron chi connectivity index (χ1n) is 1.11. The van der Waals surface area contributed by atoms with Crippen molar-refractivity contribution >= 4 is 59.3 Å². The summed E-state index contributed by atoms with van der Waals surface area (Å²) in [5, 5.41) is 7.39. The monoisotopic (exact) mass is 263 g/mol. The van der Waals surface area contributed by atoms with Crippen molar-refractivity contribution in [2.45, 2.75) is 0 Å². The Hall–Kier alpha value is 0.771. The maximum atomic E-state index is 9.34. The van der Waals surface area contributed by atoms with Gasteiger partial charge in [0.2, 0.25) is 0 Å². The maximum absolute atomic E-state index is 9.34. The molecule has 0 fully saturated rings. The van der Waals surface area contributed by atoms with Crippen molar-refractivity contribution in [3.8, 4) is 6.26 Å². The van der Waals surface area contributed by atoms with Crippen LogP contribution in [0.4, 0.5) is 0 Å². The van der Waals surface area contributed by atoms with E-state index in [4.69, 9.17) is 9.81 Å². The van der Waals surface area contributed by atoms with Gasteiger partial charge >= 0.3 is 65.5 Å². The Kier molecular flexibility index (Phi) is 6.69. The van der Waals surface area contributed by atoms with Crippen LogP contribution in [0.25, 0.3) is 0 Å². The molecule has 0 aliphatic rings. The van der Waals surface area contributed by atoms with E-state index in [0.29, 0.717) is 0 Å². The fourth-order valence-corrected chi connectivity index (χ4v) is 0.141. The molecule has 0 aromatic rings. The predicted octanol–water partition coefficient (Wildman–Crippen LogP) is -1.63. The van der Waals surface area contributed by atoms with E-state index in [1.54, 1.807) is 0 Å². The van der Waals surface area contributed by atoms with Gasteiger partial charge in [-0.15, -0.1) is 5.26 Å². The standard InChI is InChI=1S/CHNO4S.Ba.2H/c2-1-6-7(3,4)5;;;/h(H,3,4,5);;;. The van der Waals surface area contributed by atoms with E-state index in [9.17, 15) is 8.42 Å². The zero-order valence-corrected chi connectivity index (χ0v) is 3.84. The minimum absolute atomic E-state index is 0. The average Bonchev–Trinajstić information content (AvgIpc) is 1.30. The molecule has 0 unspecified atom stereocenters. The molecule has 5 nitrogen and oxygen atoms in total. The molecule has 0 aromatic heterocycles. The fraction of sp³-hybridized carbons (Fsp3) is 0. The van der Waals surface area contributed by atoms with E-state index in [2.05, 4.69) is 4.18 Å². The summed E-state index contributed by atoms with van der Waals surface area (Å²) >= 11 is 0. The van der Waals surface area contributed by atoms with Crippen LogP contribution in [-0.4, -0.2) is 61.9 Å². The van der Waals surface area contributed by atoms with Gasteiger partial charge in [0, 0.05) is 0 Å². The van der Waals surface area contributed by atoms with Crippen molar-refractivity contribution in [3.63, 3.8) is 0 Å². The summed E-state index contributed by atoms with van der Waals surface area (Å²) < 4.78 is 29.3. The zero-order chi connectivity index (χ0) is 5.91. The van der Waals surface area contributed by atoms with Gasteiger partial charge in [-0.2, -0.15) is 8.42 Å². The van der Waals surface area contributed by atoms with Crippen LogP contribution in [0, 0.1) is 11.5 Å². The Morgan fingerprint density at radius 3 is 2.00 bits per heavy atom. The molecule has 0 saturated heterocycles. The van der Waals surface area contributed by atoms with Gasteiger partial charge in [0.15, 0.2) is 0 Å². The Morgan fingerprint density at radius 2 is 2.00 bits per heavy atom. The molecule has 0 aromatic carbocycles. The van der Waals surface area contributed by atoms with Crippen LogP contribution in [0.1, 0.15) is 0 Å². The van der Waals surface area contributed by atoms with Crippen LogP contribution in [0.2, 0.25) is 0 Å². The van der Waals surface area contributed by atoms with Crippen molar-refractivity contribution in [1.29, 1.82) is 5.26 Å². The van der Waals surface area contributed by atoms with Crippen molar-refractivity contribution in [3.05, 3.63) is 0 Å². The third-order valence-electron chi connectivity index (χ3n) is 0.143. The number of hydrogen-bond acceptors (Lipinski definition) is 4. The molecule has 1 N–H and O–H groups in total. The summed E-state index contributed by atoms with van der Waals surface area (Å²) in [5.41, 5.74) is 0. The summed E-state index contributed by atoms with van der Waals surface area (Å²) in [6, 6.07) is 0. The summed E-state index contributed by atoms with van der Waals surface area (Å²) in [5.74, 6) is 0. The van der Waals surface area contributed by atoms with E-state index in [-0.39, 0.29) is 48.9 Å². The summed E-state index contributed by atoms with van der Waals surface area (Å²) in [6.07, 6.45) is 0.770. The topological polar surface area (TPSA) is 87.4 Å². The van der Waals surface area contributed by atoms with Gasteiger partial charge in [0.25, 0.3) is 0 Å². The van der Waals surface area contributed by atoms with Crippen LogP contribution in [0.5, 0.6) is 0 Å². The van der Waals surface area contributed by atoms with E-state index < -0.39 is 10.4 Å². The molecule has 8 heavy (non-hydrogen) atoms. The van der Waals surface area contributed by atoms with Gasteiger partial charge in [-0.3, -0.25) is 8.74 Å². The Bertz CT molecular complexity index is 177. The Balaban J connectivity index is 0. The molecule has 0 aliphatic heterocycles. The number of nitrogens with zero attached hydrogens (tertiary/aromatic N) is 1. The summed E-state index contributed by atoms with van der Waals surface area (Å²) in [6.45, 7) is 0. The predicted molar refractivity (Wildman–Crippen MR) is 26.8 cm³/mol. The second-order valence-electron chi connectivity index (χ2n) is 0.602. The van der Waals surface area contributed by atoms with Crippen LogP contribution in [0.15, 0.2) is 0 Å². The molecule has 0 heterocycles. The first-order chi connectivity index (χ1) is 3.06. The third-order valence-corrected chi connectivity index (χ3v) is 0.428. The third kappa shape index (κ3) is 9.91. The Labute approximate surface area is 86.7 Å². The molecule has 0 spiro atoms. The zero-order valence-electron chi connectivity index (χ0n) is 3.03. The van der Waals surface area contributed by atoms with Crippen LogP contribution in [-0.2, 0) is 14.6 Å². The van der Waals surface area contributed by atoms with Crippen molar-refractivity contribution < 1.29 is 17.2 Å². The quantitative estimate of drug-likeness (QED) is 0.348. The molecule has 0 radical (unpaired) electrons. The molecular weight excluding hydrogens is 259 g/mol. The van der Waals surface area contributed by atoms with Crippen molar-refractivity contribution in [2.24, 2.45) is 0 Å². The average molecular weight is 262 g/mol. The van der Waals surface area contributed by atoms with Crippen molar-refractivity contribution in [2.75, 3.05) is 0 Å². The molecule has 0 saturated carbocycles. The number of rotatable bonds is 1. The van der Waals surface area contributed by atoms with Gasteiger partial charge in [-0.25, -0.2) is 0 Å². The SMILES string of the molecule is N#COS(=O)(=O)O.[BaH2]. The molecule has 0 rings (SSSR count). The summed E-state index contributed by atoms with van der Waals surface area (Å²) in [4.78, 5) is 0. The normalized spacial score (nSPS) is 8.50. The molecule has 0 aliphatic carbocycles. The number of nitriles is 1. The van der Waals surface area contributed by atoms with Gasteiger partial charge < -0.3 is 0 Å². The van der Waals surface area contributed by atoms with Crippen LogP contribution < -0.4 is 0 Å². The van der Waals surface area contributed by atoms with Gasteiger partial charge in [0.05, 0.1) is 0 Å². The molecule has 0 amide bonds. The van der Waals surface area contributed by atoms with E-state index in [1.165, 1.54) is 0 Å². The van der Waals surface area contributed by atoms with E-state index >= 15 is 0 Å². The van der Waals surface area contributed by atoms with Gasteiger partial charge in [-0.05, 0) is 0 Å². The molecule has 44 valence electrons.